The van der Waals surface area contributed by atoms with Gasteiger partial charge in [0.05, 0.1) is 17.1 Å². The molecule has 0 bridgehead atoms. The van der Waals surface area contributed by atoms with Gasteiger partial charge in [0, 0.05) is 25.5 Å². The van der Waals surface area contributed by atoms with E-state index in [0.29, 0.717) is 30.8 Å². The zero-order valence-electron chi connectivity index (χ0n) is 22.3. The summed E-state index contributed by atoms with van der Waals surface area (Å²) in [4.78, 5) is 33.6. The number of amides is 1. The lowest BCUT2D eigenvalue weighted by Gasteiger charge is -2.14. The third-order valence-corrected chi connectivity index (χ3v) is 8.54. The first-order valence-corrected chi connectivity index (χ1v) is 14.6. The molecule has 11 heteroatoms. The Morgan fingerprint density at radius 3 is 2.40 bits per heavy atom. The van der Waals surface area contributed by atoms with Gasteiger partial charge in [-0.05, 0) is 86.2 Å². The molecule has 0 saturated heterocycles. The van der Waals surface area contributed by atoms with Gasteiger partial charge in [0.2, 0.25) is 5.91 Å². The number of nitrogens with one attached hydrogen (secondary N) is 1. The van der Waals surface area contributed by atoms with Gasteiger partial charge in [0.25, 0.3) is 5.56 Å². The van der Waals surface area contributed by atoms with Crippen molar-refractivity contribution in [2.45, 2.75) is 19.0 Å². The van der Waals surface area contributed by atoms with Crippen LogP contribution in [0, 0.1) is 23.6 Å². The molecule has 1 amide bonds. The molecule has 0 saturated carbocycles. The minimum Gasteiger partial charge on any atom is -0.378 e. The van der Waals surface area contributed by atoms with Crippen molar-refractivity contribution in [1.29, 1.82) is 0 Å². The van der Waals surface area contributed by atoms with E-state index in [2.05, 4.69) is 5.32 Å². The maximum Gasteiger partial charge on any atom is 0.278 e. The summed E-state index contributed by atoms with van der Waals surface area (Å²) in [6.07, 6.45) is 0. The van der Waals surface area contributed by atoms with Gasteiger partial charge in [-0.15, -0.1) is 0 Å². The number of aryl methyl sites for hydroxylation is 2. The number of nitrogens with zero attached hydrogens (tertiary/aromatic N) is 4. The molecule has 0 aliphatic rings. The maximum absolute atomic E-state index is 13.9. The van der Waals surface area contributed by atoms with E-state index in [9.17, 15) is 14.0 Å². The van der Waals surface area contributed by atoms with Crippen molar-refractivity contribution < 1.29 is 9.18 Å². The lowest BCUT2D eigenvalue weighted by atomic mass is 10.1. The van der Waals surface area contributed by atoms with Gasteiger partial charge in [-0.1, -0.05) is 40.8 Å². The van der Waals surface area contributed by atoms with Gasteiger partial charge >= 0.3 is 0 Å². The number of aromatic nitrogens is 3. The molecule has 40 heavy (non-hydrogen) atoms. The van der Waals surface area contributed by atoms with Crippen LogP contribution in [0.15, 0.2) is 76.7 Å². The van der Waals surface area contributed by atoms with Crippen molar-refractivity contribution in [2.75, 3.05) is 30.1 Å². The van der Waals surface area contributed by atoms with Crippen LogP contribution in [0.25, 0.3) is 21.7 Å². The molecule has 2 aromatic heterocycles. The van der Waals surface area contributed by atoms with Crippen molar-refractivity contribution >= 4 is 62.9 Å². The van der Waals surface area contributed by atoms with Crippen LogP contribution in [0.5, 0.6) is 0 Å². The second-order valence-electron chi connectivity index (χ2n) is 9.44. The van der Waals surface area contributed by atoms with Crippen LogP contribution in [0.1, 0.15) is 11.1 Å². The van der Waals surface area contributed by atoms with Crippen LogP contribution < -0.4 is 15.8 Å². The quantitative estimate of drug-likeness (QED) is 0.132. The van der Waals surface area contributed by atoms with Crippen molar-refractivity contribution in [1.82, 2.24) is 14.1 Å². The van der Waals surface area contributed by atoms with Crippen LogP contribution in [-0.2, 0) is 4.79 Å². The van der Waals surface area contributed by atoms with E-state index in [0.717, 1.165) is 34.3 Å². The Balaban J connectivity index is 1.56. The summed E-state index contributed by atoms with van der Waals surface area (Å²) >= 11 is 7.99. The standard InChI is InChI=1S/C29H26FN5O2S3/c1-17-5-14-23(18(2)15-17)35-26-25(40-29(35)38)27(37)34(22-10-6-19(30)7-11-22)28(32-26)39-16-24(36)31-20-8-12-21(13-9-20)33(3)4/h5-15H,16H2,1-4H3,(H,31,36). The van der Waals surface area contributed by atoms with Crippen molar-refractivity contribution in [2.24, 2.45) is 0 Å². The Morgan fingerprint density at radius 2 is 1.75 bits per heavy atom. The first-order chi connectivity index (χ1) is 19.1. The van der Waals surface area contributed by atoms with E-state index >= 15 is 0 Å². The average molecular weight is 592 g/mol. The second kappa shape index (κ2) is 11.4. The molecule has 0 aliphatic carbocycles. The molecule has 7 nitrogen and oxygen atoms in total. The predicted octanol–water partition coefficient (Wildman–Crippen LogP) is 6.52. The summed E-state index contributed by atoms with van der Waals surface area (Å²) in [5.74, 6) is -0.668. The van der Waals surface area contributed by atoms with Crippen LogP contribution in [0.4, 0.5) is 15.8 Å². The lowest BCUT2D eigenvalue weighted by molar-refractivity contribution is -0.113. The third-order valence-electron chi connectivity index (χ3n) is 6.25. The average Bonchev–Trinajstić information content (AvgIpc) is 3.24. The van der Waals surface area contributed by atoms with Crippen LogP contribution in [0.2, 0.25) is 0 Å². The summed E-state index contributed by atoms with van der Waals surface area (Å²) in [6, 6.07) is 19.1. The number of hydrogen-bond donors (Lipinski definition) is 1. The minimum absolute atomic E-state index is 0.00298. The molecule has 5 rings (SSSR count). The van der Waals surface area contributed by atoms with Gasteiger partial charge in [0.1, 0.15) is 10.5 Å². The fourth-order valence-corrected chi connectivity index (χ4v) is 6.38. The van der Waals surface area contributed by atoms with Gasteiger partial charge in [-0.3, -0.25) is 18.7 Å². The Bertz CT molecular complexity index is 1840. The van der Waals surface area contributed by atoms with E-state index in [1.54, 1.807) is 4.57 Å². The summed E-state index contributed by atoms with van der Waals surface area (Å²) in [7, 11) is 3.89. The van der Waals surface area contributed by atoms with Crippen molar-refractivity contribution in [3.05, 3.63) is 98.0 Å². The van der Waals surface area contributed by atoms with E-state index < -0.39 is 5.82 Å². The lowest BCUT2D eigenvalue weighted by Crippen LogP contribution is -2.23. The normalized spacial score (nSPS) is 11.1. The summed E-state index contributed by atoms with van der Waals surface area (Å²) < 4.78 is 17.8. The molecule has 0 radical (unpaired) electrons. The SMILES string of the molecule is Cc1ccc(-n2c(=S)sc3c(=O)n(-c4ccc(F)cc4)c(SCC(=O)Nc4ccc(N(C)C)cc4)nc32)c(C)c1. The molecule has 0 aliphatic heterocycles. The van der Waals surface area contributed by atoms with Gasteiger partial charge in [0.15, 0.2) is 14.8 Å². The summed E-state index contributed by atoms with van der Waals surface area (Å²) in [5, 5.41) is 3.19. The van der Waals surface area contributed by atoms with E-state index in [1.807, 2.05) is 75.3 Å². The zero-order valence-corrected chi connectivity index (χ0v) is 24.7. The monoisotopic (exact) mass is 591 g/mol. The van der Waals surface area contributed by atoms with Crippen LogP contribution >= 0.6 is 35.3 Å². The van der Waals surface area contributed by atoms with E-state index in [1.165, 1.54) is 40.2 Å². The molecule has 0 fully saturated rings. The molecule has 1 N–H and O–H groups in total. The number of anilines is 2. The number of halogens is 1. The number of carbonyl (C=O) groups is 1. The summed E-state index contributed by atoms with van der Waals surface area (Å²) in [5.41, 5.74) is 5.15. The number of thioether (sulfide) groups is 1. The number of carbonyl (C=O) groups excluding carboxylic acids is 1. The highest BCUT2D eigenvalue weighted by Crippen LogP contribution is 2.29. The van der Waals surface area contributed by atoms with Crippen molar-refractivity contribution in [3.63, 3.8) is 0 Å². The van der Waals surface area contributed by atoms with Gasteiger partial charge < -0.3 is 10.2 Å². The number of rotatable bonds is 7. The fourth-order valence-electron chi connectivity index (χ4n) is 4.29. The molecule has 0 unspecified atom stereocenters. The highest BCUT2D eigenvalue weighted by molar-refractivity contribution is 7.99. The first kappa shape index (κ1) is 27.8. The highest BCUT2D eigenvalue weighted by atomic mass is 32.2. The molecule has 5 aromatic rings. The highest BCUT2D eigenvalue weighted by Gasteiger charge is 2.20. The van der Waals surface area contributed by atoms with E-state index in [-0.39, 0.29) is 17.2 Å². The Labute approximate surface area is 243 Å². The number of thiazole rings is 1. The molecule has 0 spiro atoms. The molecule has 0 atom stereocenters. The number of hydrogen-bond acceptors (Lipinski definition) is 7. The molecular formula is C29H26FN5O2S3. The fraction of sp³-hybridized carbons (Fsp3) is 0.172. The topological polar surface area (TPSA) is 72.2 Å². The minimum atomic E-state index is -0.420. The molecule has 204 valence electrons. The first-order valence-electron chi connectivity index (χ1n) is 12.3. The smallest absolute Gasteiger partial charge is 0.278 e. The molecular weight excluding hydrogens is 566 g/mol. The second-order valence-corrected chi connectivity index (χ2v) is 12.0. The predicted molar refractivity (Wildman–Crippen MR) is 165 cm³/mol. The molecule has 2 heterocycles. The maximum atomic E-state index is 13.9. The van der Waals surface area contributed by atoms with Crippen molar-refractivity contribution in [3.8, 4) is 11.4 Å². The summed E-state index contributed by atoms with van der Waals surface area (Å²) in [6.45, 7) is 4.00. The van der Waals surface area contributed by atoms with Crippen LogP contribution in [0.3, 0.4) is 0 Å². The Hall–Kier alpha value is -3.80. The number of fused-ring (bicyclic) bond motifs is 1. The van der Waals surface area contributed by atoms with Crippen LogP contribution in [-0.4, -0.2) is 39.9 Å². The van der Waals surface area contributed by atoms with E-state index in [4.69, 9.17) is 17.2 Å². The Morgan fingerprint density at radius 1 is 1.05 bits per heavy atom. The largest absolute Gasteiger partial charge is 0.378 e. The number of benzene rings is 3. The Kier molecular flexibility index (Phi) is 7.88. The van der Waals surface area contributed by atoms with Gasteiger partial charge in [-0.25, -0.2) is 9.37 Å². The zero-order chi connectivity index (χ0) is 28.6. The molecule has 3 aromatic carbocycles. The van der Waals surface area contributed by atoms with Gasteiger partial charge in [-0.2, -0.15) is 0 Å². The third kappa shape index (κ3) is 5.58.